The van der Waals surface area contributed by atoms with Crippen LogP contribution < -0.4 is 0 Å². The zero-order valence-electron chi connectivity index (χ0n) is 6.27. The van der Waals surface area contributed by atoms with E-state index in [-0.39, 0.29) is 0 Å². The maximum absolute atomic E-state index is 4.00. The van der Waals surface area contributed by atoms with Gasteiger partial charge in [0.05, 0.1) is 5.69 Å². The Morgan fingerprint density at radius 1 is 1.45 bits per heavy atom. The molecule has 0 aromatic carbocycles. The minimum Gasteiger partial charge on any atom is -0.242 e. The van der Waals surface area contributed by atoms with Crippen molar-refractivity contribution in [3.8, 4) is 0 Å². The fraction of sp³-hybridized carbons (Fsp3) is 0. The van der Waals surface area contributed by atoms with E-state index in [1.807, 2.05) is 18.2 Å². The smallest absolute Gasteiger partial charge is 0.0661 e. The largest absolute Gasteiger partial charge is 0.242 e. The van der Waals surface area contributed by atoms with Gasteiger partial charge < -0.3 is 0 Å². The first-order valence-electron chi connectivity index (χ1n) is 3.33. The second-order valence-electron chi connectivity index (χ2n) is 1.98. The molecule has 11 heavy (non-hydrogen) atoms. The van der Waals surface area contributed by atoms with Crippen LogP contribution in [0.4, 0.5) is 0 Å². The molecule has 0 atom stereocenters. The van der Waals surface area contributed by atoms with E-state index < -0.39 is 0 Å². The topological polar surface area (TPSA) is 17.8 Å². The molecule has 0 aliphatic heterocycles. The van der Waals surface area contributed by atoms with Gasteiger partial charge in [-0.1, -0.05) is 25.3 Å². The molecule has 0 saturated heterocycles. The second kappa shape index (κ2) is 3.56. The summed E-state index contributed by atoms with van der Waals surface area (Å²) in [5.74, 6) is 0. The molecule has 1 heterocycles. The molecule has 1 rings (SSSR count). The van der Waals surface area contributed by atoms with E-state index in [4.69, 9.17) is 0 Å². The Hall–Kier alpha value is -1.57. The highest BCUT2D eigenvalue weighted by Crippen LogP contribution is 2.01. The first-order chi connectivity index (χ1) is 5.38. The molecule has 1 aromatic rings. The van der Waals surface area contributed by atoms with Crippen LogP contribution in [0, 0.1) is 0 Å². The maximum atomic E-state index is 4.00. The molecule has 0 radical (unpaired) electrons. The molecule has 1 aromatic heterocycles. The zero-order chi connectivity index (χ0) is 8.10. The lowest BCUT2D eigenvalue weighted by atomic mass is 10.4. The predicted octanol–water partition coefficient (Wildman–Crippen LogP) is 2.18. The summed E-state index contributed by atoms with van der Waals surface area (Å²) in [5.41, 5.74) is 1.000. The summed E-state index contributed by atoms with van der Waals surface area (Å²) in [6.45, 7) is 7.19. The molecule has 0 unspecified atom stereocenters. The first kappa shape index (κ1) is 7.54. The van der Waals surface area contributed by atoms with E-state index in [9.17, 15) is 0 Å². The molecular weight excluding hydrogens is 136 g/mol. The minimum absolute atomic E-state index is 1.000. The van der Waals surface area contributed by atoms with Crippen LogP contribution in [-0.4, -0.2) is 9.78 Å². The average Bonchev–Trinajstić information content (AvgIpc) is 2.47. The summed E-state index contributed by atoms with van der Waals surface area (Å²) in [6, 6.07) is 1.90. The lowest BCUT2D eigenvalue weighted by Gasteiger charge is -1.92. The van der Waals surface area contributed by atoms with Gasteiger partial charge in [-0.05, 0) is 12.1 Å². The molecule has 56 valence electrons. The lowest BCUT2D eigenvalue weighted by molar-refractivity contribution is 0.926. The third kappa shape index (κ3) is 1.67. The fourth-order valence-electron chi connectivity index (χ4n) is 0.776. The monoisotopic (exact) mass is 146 g/mol. The summed E-state index contributed by atoms with van der Waals surface area (Å²) < 4.78 is 1.69. The Balaban J connectivity index is 2.92. The van der Waals surface area contributed by atoms with Crippen LogP contribution in [-0.2, 0) is 0 Å². The van der Waals surface area contributed by atoms with E-state index in [1.165, 1.54) is 0 Å². The number of nitrogens with zero attached hydrogens (tertiary/aromatic N) is 2. The van der Waals surface area contributed by atoms with Gasteiger partial charge in [-0.3, -0.25) is 0 Å². The number of hydrogen-bond donors (Lipinski definition) is 0. The summed E-state index contributed by atoms with van der Waals surface area (Å²) >= 11 is 0. The SMILES string of the molecule is C=C/C=C\c1ccnn1C=C. The van der Waals surface area contributed by atoms with E-state index in [1.54, 1.807) is 23.2 Å². The van der Waals surface area contributed by atoms with Crippen molar-refractivity contribution in [3.05, 3.63) is 43.3 Å². The van der Waals surface area contributed by atoms with Crippen LogP contribution in [0.2, 0.25) is 0 Å². The van der Waals surface area contributed by atoms with Crippen LogP contribution in [0.25, 0.3) is 12.3 Å². The van der Waals surface area contributed by atoms with Gasteiger partial charge in [0.1, 0.15) is 0 Å². The van der Waals surface area contributed by atoms with Gasteiger partial charge in [-0.2, -0.15) is 5.10 Å². The van der Waals surface area contributed by atoms with Crippen molar-refractivity contribution in [2.24, 2.45) is 0 Å². The highest BCUT2D eigenvalue weighted by Gasteiger charge is 1.90. The molecule has 0 amide bonds. The lowest BCUT2D eigenvalue weighted by Crippen LogP contribution is -1.89. The third-order valence-electron chi connectivity index (χ3n) is 1.28. The quantitative estimate of drug-likeness (QED) is 0.597. The van der Waals surface area contributed by atoms with Crippen molar-refractivity contribution >= 4 is 12.3 Å². The molecule has 0 fully saturated rings. The molecule has 0 aliphatic carbocycles. The molecule has 0 saturated carbocycles. The van der Waals surface area contributed by atoms with Crippen molar-refractivity contribution in [1.29, 1.82) is 0 Å². The first-order valence-corrected chi connectivity index (χ1v) is 3.33. The van der Waals surface area contributed by atoms with E-state index in [2.05, 4.69) is 18.3 Å². The molecule has 2 heteroatoms. The van der Waals surface area contributed by atoms with E-state index in [0.717, 1.165) is 5.69 Å². The van der Waals surface area contributed by atoms with Gasteiger partial charge in [0, 0.05) is 12.4 Å². The molecule has 0 N–H and O–H groups in total. The van der Waals surface area contributed by atoms with Crippen molar-refractivity contribution in [3.63, 3.8) is 0 Å². The number of hydrogen-bond acceptors (Lipinski definition) is 1. The Bertz CT molecular complexity index is 282. The molecule has 0 spiro atoms. The van der Waals surface area contributed by atoms with Crippen molar-refractivity contribution in [2.75, 3.05) is 0 Å². The second-order valence-corrected chi connectivity index (χ2v) is 1.98. The van der Waals surface area contributed by atoms with E-state index in [0.29, 0.717) is 0 Å². The Morgan fingerprint density at radius 3 is 2.91 bits per heavy atom. The molecular formula is C9H10N2. The summed E-state index contributed by atoms with van der Waals surface area (Å²) in [5, 5.41) is 4.00. The Kier molecular flexibility index (Phi) is 2.44. The summed E-state index contributed by atoms with van der Waals surface area (Å²) in [6.07, 6.45) is 8.88. The molecule has 0 aliphatic rings. The normalized spacial score (nSPS) is 10.2. The third-order valence-corrected chi connectivity index (χ3v) is 1.28. The van der Waals surface area contributed by atoms with E-state index >= 15 is 0 Å². The summed E-state index contributed by atoms with van der Waals surface area (Å²) in [7, 11) is 0. The average molecular weight is 146 g/mol. The van der Waals surface area contributed by atoms with Crippen molar-refractivity contribution in [2.45, 2.75) is 0 Å². The Labute approximate surface area is 66.2 Å². The van der Waals surface area contributed by atoms with Gasteiger partial charge in [-0.15, -0.1) is 0 Å². The van der Waals surface area contributed by atoms with Gasteiger partial charge in [0.25, 0.3) is 0 Å². The molecule has 2 nitrogen and oxygen atoms in total. The van der Waals surface area contributed by atoms with Crippen LogP contribution in [0.1, 0.15) is 5.69 Å². The zero-order valence-corrected chi connectivity index (χ0v) is 6.27. The highest BCUT2D eigenvalue weighted by atomic mass is 15.3. The van der Waals surface area contributed by atoms with Gasteiger partial charge in [0.2, 0.25) is 0 Å². The predicted molar refractivity (Wildman–Crippen MR) is 47.8 cm³/mol. The van der Waals surface area contributed by atoms with Crippen molar-refractivity contribution in [1.82, 2.24) is 9.78 Å². The Morgan fingerprint density at radius 2 is 2.27 bits per heavy atom. The number of aromatic nitrogens is 2. The summed E-state index contributed by atoms with van der Waals surface area (Å²) in [4.78, 5) is 0. The van der Waals surface area contributed by atoms with Crippen LogP contribution in [0.5, 0.6) is 0 Å². The van der Waals surface area contributed by atoms with Crippen LogP contribution >= 0.6 is 0 Å². The van der Waals surface area contributed by atoms with Crippen LogP contribution in [0.15, 0.2) is 37.6 Å². The number of rotatable bonds is 3. The standard InChI is InChI=1S/C9H10N2/c1-3-5-6-9-7-8-10-11(9)4-2/h3-8H,1-2H2/b6-5-. The molecule has 0 bridgehead atoms. The van der Waals surface area contributed by atoms with Crippen LogP contribution in [0.3, 0.4) is 0 Å². The number of allylic oxidation sites excluding steroid dienone is 2. The van der Waals surface area contributed by atoms with Gasteiger partial charge in [-0.25, -0.2) is 4.68 Å². The fourth-order valence-corrected chi connectivity index (χ4v) is 0.776. The van der Waals surface area contributed by atoms with Crippen molar-refractivity contribution < 1.29 is 0 Å². The highest BCUT2D eigenvalue weighted by molar-refractivity contribution is 5.49. The van der Waals surface area contributed by atoms with Gasteiger partial charge in [0.15, 0.2) is 0 Å². The minimum atomic E-state index is 1.000. The maximum Gasteiger partial charge on any atom is 0.0661 e. The van der Waals surface area contributed by atoms with Gasteiger partial charge >= 0.3 is 0 Å².